The minimum atomic E-state index is -0.0630. The van der Waals surface area contributed by atoms with Crippen LogP contribution >= 0.6 is 0 Å². The van der Waals surface area contributed by atoms with Gasteiger partial charge in [-0.2, -0.15) is 0 Å². The largest absolute Gasteiger partial charge is 0.394 e. The molecule has 0 aliphatic rings. The van der Waals surface area contributed by atoms with Crippen LogP contribution in [0.25, 0.3) is 22.3 Å². The molecule has 4 heteroatoms. The summed E-state index contributed by atoms with van der Waals surface area (Å²) in [5.74, 6) is 1.43. The lowest BCUT2D eigenvalue weighted by Gasteiger charge is -2.14. The van der Waals surface area contributed by atoms with Gasteiger partial charge in [0, 0.05) is 17.0 Å². The third-order valence-electron chi connectivity index (χ3n) is 3.29. The van der Waals surface area contributed by atoms with Crippen LogP contribution in [-0.2, 0) is 0 Å². The number of hydrogen-bond donors (Lipinski definition) is 2. The molecule has 1 aromatic heterocycles. The summed E-state index contributed by atoms with van der Waals surface area (Å²) in [6.07, 6.45) is 0. The van der Waals surface area contributed by atoms with E-state index >= 15 is 0 Å². The molecule has 0 saturated heterocycles. The van der Waals surface area contributed by atoms with Crippen molar-refractivity contribution in [2.24, 2.45) is 0 Å². The van der Waals surface area contributed by atoms with Gasteiger partial charge in [-0.1, -0.05) is 42.5 Å². The summed E-state index contributed by atoms with van der Waals surface area (Å²) in [7, 11) is 0. The molecular formula is C17H17N3O. The Kier molecular flexibility index (Phi) is 3.79. The third-order valence-corrected chi connectivity index (χ3v) is 3.29. The standard InChI is InChI=1S/C17H17N3O/c1-12(11-21)18-17-14-9-5-6-10-15(14)19-16(20-17)13-7-3-2-4-8-13/h2-10,12,21H,11H2,1H3,(H,18,19,20). The van der Waals surface area contributed by atoms with Crippen LogP contribution in [0.2, 0.25) is 0 Å². The Morgan fingerprint density at radius 1 is 1.00 bits per heavy atom. The van der Waals surface area contributed by atoms with E-state index in [1.165, 1.54) is 0 Å². The minimum Gasteiger partial charge on any atom is -0.394 e. The molecule has 2 N–H and O–H groups in total. The fourth-order valence-electron chi connectivity index (χ4n) is 2.18. The van der Waals surface area contributed by atoms with E-state index in [0.717, 1.165) is 22.3 Å². The summed E-state index contributed by atoms with van der Waals surface area (Å²) in [5, 5.41) is 13.4. The van der Waals surface area contributed by atoms with Crippen molar-refractivity contribution in [2.45, 2.75) is 13.0 Å². The number of rotatable bonds is 4. The number of fused-ring (bicyclic) bond motifs is 1. The average molecular weight is 279 g/mol. The molecule has 0 amide bonds. The molecule has 0 spiro atoms. The number of nitrogens with zero attached hydrogens (tertiary/aromatic N) is 2. The van der Waals surface area contributed by atoms with Gasteiger partial charge in [-0.15, -0.1) is 0 Å². The first-order valence-electron chi connectivity index (χ1n) is 6.97. The molecule has 0 aliphatic heterocycles. The van der Waals surface area contributed by atoms with Crippen molar-refractivity contribution in [1.29, 1.82) is 0 Å². The second-order valence-corrected chi connectivity index (χ2v) is 5.01. The summed E-state index contributed by atoms with van der Waals surface area (Å²) in [6, 6.07) is 17.7. The fourth-order valence-corrected chi connectivity index (χ4v) is 2.18. The van der Waals surface area contributed by atoms with Crippen LogP contribution in [0, 0.1) is 0 Å². The fraction of sp³-hybridized carbons (Fsp3) is 0.176. The van der Waals surface area contributed by atoms with Gasteiger partial charge in [0.1, 0.15) is 5.82 Å². The van der Waals surface area contributed by atoms with Gasteiger partial charge in [-0.25, -0.2) is 9.97 Å². The van der Waals surface area contributed by atoms with Crippen LogP contribution in [0.4, 0.5) is 5.82 Å². The van der Waals surface area contributed by atoms with Crippen molar-refractivity contribution in [3.8, 4) is 11.4 Å². The van der Waals surface area contributed by atoms with Gasteiger partial charge in [0.25, 0.3) is 0 Å². The number of aliphatic hydroxyl groups excluding tert-OH is 1. The molecule has 3 rings (SSSR count). The van der Waals surface area contributed by atoms with E-state index in [1.54, 1.807) is 0 Å². The first-order chi connectivity index (χ1) is 10.3. The minimum absolute atomic E-state index is 0.0546. The highest BCUT2D eigenvalue weighted by atomic mass is 16.3. The third kappa shape index (κ3) is 2.85. The van der Waals surface area contributed by atoms with E-state index < -0.39 is 0 Å². The lowest BCUT2D eigenvalue weighted by atomic mass is 10.2. The van der Waals surface area contributed by atoms with Gasteiger partial charge in [0.15, 0.2) is 5.82 Å². The normalized spacial score (nSPS) is 12.3. The van der Waals surface area contributed by atoms with Crippen molar-refractivity contribution >= 4 is 16.7 Å². The van der Waals surface area contributed by atoms with Gasteiger partial charge < -0.3 is 10.4 Å². The van der Waals surface area contributed by atoms with E-state index in [4.69, 9.17) is 0 Å². The maximum atomic E-state index is 9.25. The first kappa shape index (κ1) is 13.5. The van der Waals surface area contributed by atoms with Crippen LogP contribution in [0.15, 0.2) is 54.6 Å². The molecule has 106 valence electrons. The van der Waals surface area contributed by atoms with Crippen molar-refractivity contribution in [1.82, 2.24) is 9.97 Å². The van der Waals surface area contributed by atoms with E-state index in [1.807, 2.05) is 61.5 Å². The maximum Gasteiger partial charge on any atom is 0.162 e. The van der Waals surface area contributed by atoms with E-state index in [-0.39, 0.29) is 12.6 Å². The SMILES string of the molecule is CC(CO)Nc1nc(-c2ccccc2)nc2ccccc12. The van der Waals surface area contributed by atoms with E-state index in [9.17, 15) is 5.11 Å². The molecule has 1 atom stereocenters. The Morgan fingerprint density at radius 3 is 2.48 bits per heavy atom. The predicted octanol–water partition coefficient (Wildman–Crippen LogP) is 3.09. The molecule has 1 unspecified atom stereocenters. The monoisotopic (exact) mass is 279 g/mol. The molecule has 2 aromatic carbocycles. The Balaban J connectivity index is 2.15. The van der Waals surface area contributed by atoms with Crippen molar-refractivity contribution in [3.63, 3.8) is 0 Å². The lowest BCUT2D eigenvalue weighted by Crippen LogP contribution is -2.20. The van der Waals surface area contributed by atoms with Gasteiger partial charge in [0.2, 0.25) is 0 Å². The van der Waals surface area contributed by atoms with Gasteiger partial charge >= 0.3 is 0 Å². The zero-order valence-corrected chi connectivity index (χ0v) is 11.8. The molecule has 0 aliphatic carbocycles. The molecule has 1 heterocycles. The predicted molar refractivity (Wildman–Crippen MR) is 85.1 cm³/mol. The van der Waals surface area contributed by atoms with Crippen molar-refractivity contribution in [3.05, 3.63) is 54.6 Å². The highest BCUT2D eigenvalue weighted by Crippen LogP contribution is 2.25. The first-order valence-corrected chi connectivity index (χ1v) is 6.97. The Labute approximate surface area is 123 Å². The van der Waals surface area contributed by atoms with Crippen LogP contribution in [0.3, 0.4) is 0 Å². The molecule has 4 nitrogen and oxygen atoms in total. The van der Waals surface area contributed by atoms with Crippen LogP contribution in [0.1, 0.15) is 6.92 Å². The van der Waals surface area contributed by atoms with Gasteiger partial charge in [-0.05, 0) is 19.1 Å². The zero-order valence-electron chi connectivity index (χ0n) is 11.8. The number of aliphatic hydroxyl groups is 1. The second-order valence-electron chi connectivity index (χ2n) is 5.01. The number of aromatic nitrogens is 2. The van der Waals surface area contributed by atoms with Crippen LogP contribution in [-0.4, -0.2) is 27.7 Å². The zero-order chi connectivity index (χ0) is 14.7. The summed E-state index contributed by atoms with van der Waals surface area (Å²) >= 11 is 0. The molecular weight excluding hydrogens is 262 g/mol. The molecule has 0 saturated carbocycles. The number of nitrogens with one attached hydrogen (secondary N) is 1. The van der Waals surface area contributed by atoms with E-state index in [2.05, 4.69) is 15.3 Å². The average Bonchev–Trinajstić information content (AvgIpc) is 2.55. The smallest absolute Gasteiger partial charge is 0.162 e. The number of para-hydroxylation sites is 1. The summed E-state index contributed by atoms with van der Waals surface area (Å²) in [4.78, 5) is 9.25. The molecule has 0 fully saturated rings. The quantitative estimate of drug-likeness (QED) is 0.770. The number of anilines is 1. The topological polar surface area (TPSA) is 58.0 Å². The van der Waals surface area contributed by atoms with Crippen LogP contribution in [0.5, 0.6) is 0 Å². The maximum absolute atomic E-state index is 9.25. The van der Waals surface area contributed by atoms with Crippen LogP contribution < -0.4 is 5.32 Å². The summed E-state index contributed by atoms with van der Waals surface area (Å²) in [6.45, 7) is 1.97. The second kappa shape index (κ2) is 5.89. The summed E-state index contributed by atoms with van der Waals surface area (Å²) in [5.41, 5.74) is 1.86. The number of hydrogen-bond acceptors (Lipinski definition) is 4. The number of benzene rings is 2. The molecule has 21 heavy (non-hydrogen) atoms. The van der Waals surface area contributed by atoms with E-state index in [0.29, 0.717) is 5.82 Å². The highest BCUT2D eigenvalue weighted by molar-refractivity contribution is 5.90. The Morgan fingerprint density at radius 2 is 1.71 bits per heavy atom. The Bertz CT molecular complexity index is 743. The highest BCUT2D eigenvalue weighted by Gasteiger charge is 2.10. The lowest BCUT2D eigenvalue weighted by molar-refractivity contribution is 0.281. The van der Waals surface area contributed by atoms with Gasteiger partial charge in [0.05, 0.1) is 12.1 Å². The molecule has 0 radical (unpaired) electrons. The van der Waals surface area contributed by atoms with Crippen molar-refractivity contribution < 1.29 is 5.11 Å². The van der Waals surface area contributed by atoms with Crippen molar-refractivity contribution in [2.75, 3.05) is 11.9 Å². The Hall–Kier alpha value is -2.46. The summed E-state index contributed by atoms with van der Waals surface area (Å²) < 4.78 is 0. The molecule has 0 bridgehead atoms. The molecule has 3 aromatic rings. The van der Waals surface area contributed by atoms with Gasteiger partial charge in [-0.3, -0.25) is 0 Å².